The predicted molar refractivity (Wildman–Crippen MR) is 75.6 cm³/mol. The quantitative estimate of drug-likeness (QED) is 0.696. The topological polar surface area (TPSA) is 34.1 Å². The molecule has 1 atom stereocenters. The first-order valence-electron chi connectivity index (χ1n) is 7.10. The van der Waals surface area contributed by atoms with E-state index in [0.29, 0.717) is 6.10 Å². The average Bonchev–Trinajstić information content (AvgIpc) is 2.39. The van der Waals surface area contributed by atoms with Crippen LogP contribution in [0.3, 0.4) is 0 Å². The molecule has 3 nitrogen and oxygen atoms in total. The second kappa shape index (κ2) is 8.99. The predicted octanol–water partition coefficient (Wildman–Crippen LogP) is 3.47. The van der Waals surface area contributed by atoms with Crippen LogP contribution < -0.4 is 5.32 Å². The van der Waals surface area contributed by atoms with Crippen molar-refractivity contribution >= 4 is 0 Å². The van der Waals surface area contributed by atoms with Gasteiger partial charge in [0.15, 0.2) is 0 Å². The second-order valence-electron chi connectivity index (χ2n) is 4.94. The van der Waals surface area contributed by atoms with Gasteiger partial charge in [0, 0.05) is 12.6 Å². The van der Waals surface area contributed by atoms with Gasteiger partial charge in [-0.15, -0.1) is 0 Å². The summed E-state index contributed by atoms with van der Waals surface area (Å²) in [6.07, 6.45) is 4.65. The van der Waals surface area contributed by atoms with E-state index in [-0.39, 0.29) is 11.9 Å². The maximum absolute atomic E-state index is 12.8. The van der Waals surface area contributed by atoms with E-state index in [2.05, 4.69) is 17.2 Å². The molecule has 0 aliphatic heterocycles. The minimum Gasteiger partial charge on any atom is -0.379 e. The van der Waals surface area contributed by atoms with Crippen LogP contribution in [-0.2, 0) is 4.74 Å². The number of hydrogen-bond acceptors (Lipinski definition) is 3. The molecule has 1 N–H and O–H groups in total. The molecule has 0 aliphatic carbocycles. The highest BCUT2D eigenvalue weighted by atomic mass is 19.1. The molecule has 0 aromatic carbocycles. The zero-order valence-corrected chi connectivity index (χ0v) is 12.2. The van der Waals surface area contributed by atoms with E-state index in [0.717, 1.165) is 38.1 Å². The summed E-state index contributed by atoms with van der Waals surface area (Å²) in [5.74, 6) is -0.288. The molecule has 4 heteroatoms. The van der Waals surface area contributed by atoms with E-state index in [9.17, 15) is 4.39 Å². The highest BCUT2D eigenvalue weighted by Gasteiger charge is 2.09. The second-order valence-corrected chi connectivity index (χ2v) is 4.94. The van der Waals surface area contributed by atoms with Gasteiger partial charge in [0.2, 0.25) is 0 Å². The summed E-state index contributed by atoms with van der Waals surface area (Å²) in [5.41, 5.74) is 0.905. The van der Waals surface area contributed by atoms with Crippen LogP contribution >= 0.6 is 0 Å². The summed E-state index contributed by atoms with van der Waals surface area (Å²) in [7, 11) is 0. The molecular formula is C15H25FN2O. The van der Waals surface area contributed by atoms with Crippen LogP contribution in [0.4, 0.5) is 4.39 Å². The third-order valence-electron chi connectivity index (χ3n) is 2.93. The number of halogens is 1. The van der Waals surface area contributed by atoms with Crippen molar-refractivity contribution in [3.05, 3.63) is 29.8 Å². The normalized spacial score (nSPS) is 12.9. The molecule has 1 aromatic heterocycles. The van der Waals surface area contributed by atoms with Crippen molar-refractivity contribution in [1.82, 2.24) is 10.3 Å². The van der Waals surface area contributed by atoms with Crippen molar-refractivity contribution in [2.24, 2.45) is 0 Å². The fourth-order valence-electron chi connectivity index (χ4n) is 1.87. The first-order valence-corrected chi connectivity index (χ1v) is 7.10. The van der Waals surface area contributed by atoms with Gasteiger partial charge in [-0.25, -0.2) is 4.39 Å². The van der Waals surface area contributed by atoms with Gasteiger partial charge in [0.25, 0.3) is 0 Å². The van der Waals surface area contributed by atoms with Crippen LogP contribution in [0.2, 0.25) is 0 Å². The van der Waals surface area contributed by atoms with Crippen LogP contribution in [0, 0.1) is 5.82 Å². The number of nitrogens with one attached hydrogen (secondary N) is 1. The lowest BCUT2D eigenvalue weighted by atomic mass is 10.1. The number of nitrogens with zero attached hydrogens (tertiary/aromatic N) is 1. The Morgan fingerprint density at radius 3 is 2.68 bits per heavy atom. The van der Waals surface area contributed by atoms with Crippen LogP contribution in [0.15, 0.2) is 18.3 Å². The van der Waals surface area contributed by atoms with Gasteiger partial charge in [-0.05, 0) is 51.8 Å². The number of hydrogen-bond donors (Lipinski definition) is 1. The maximum atomic E-state index is 12.8. The zero-order valence-electron chi connectivity index (χ0n) is 12.2. The van der Waals surface area contributed by atoms with Gasteiger partial charge in [-0.2, -0.15) is 0 Å². The van der Waals surface area contributed by atoms with Crippen molar-refractivity contribution < 1.29 is 9.13 Å². The van der Waals surface area contributed by atoms with Crippen molar-refractivity contribution in [2.75, 3.05) is 13.2 Å². The highest BCUT2D eigenvalue weighted by molar-refractivity contribution is 5.09. The Bertz CT molecular complexity index is 341. The summed E-state index contributed by atoms with van der Waals surface area (Å²) in [4.78, 5) is 4.13. The Morgan fingerprint density at radius 2 is 2.11 bits per heavy atom. The SMILES string of the molecule is CCC(NCCCCOC(C)C)c1ccc(F)cn1. The summed E-state index contributed by atoms with van der Waals surface area (Å²) < 4.78 is 18.3. The van der Waals surface area contributed by atoms with E-state index >= 15 is 0 Å². The van der Waals surface area contributed by atoms with Gasteiger partial charge in [-0.3, -0.25) is 4.98 Å². The molecule has 0 saturated carbocycles. The monoisotopic (exact) mass is 268 g/mol. The van der Waals surface area contributed by atoms with Gasteiger partial charge in [0.1, 0.15) is 5.82 Å². The molecular weight excluding hydrogens is 243 g/mol. The van der Waals surface area contributed by atoms with E-state index in [1.165, 1.54) is 12.3 Å². The summed E-state index contributed by atoms with van der Waals surface area (Å²) in [5, 5.41) is 3.45. The Morgan fingerprint density at radius 1 is 1.32 bits per heavy atom. The molecule has 0 amide bonds. The lowest BCUT2D eigenvalue weighted by Gasteiger charge is -2.16. The number of rotatable bonds is 9. The molecule has 0 radical (unpaired) electrons. The number of pyridine rings is 1. The highest BCUT2D eigenvalue weighted by Crippen LogP contribution is 2.14. The first-order chi connectivity index (χ1) is 9.13. The van der Waals surface area contributed by atoms with Crippen molar-refractivity contribution in [3.8, 4) is 0 Å². The Hall–Kier alpha value is -1.00. The lowest BCUT2D eigenvalue weighted by Crippen LogP contribution is -2.23. The van der Waals surface area contributed by atoms with Crippen molar-refractivity contribution in [3.63, 3.8) is 0 Å². The Kier molecular flexibility index (Phi) is 7.60. The van der Waals surface area contributed by atoms with Crippen LogP contribution in [0.1, 0.15) is 51.8 Å². The van der Waals surface area contributed by atoms with Gasteiger partial charge in [0.05, 0.1) is 18.0 Å². The standard InChI is InChI=1S/C15H25FN2O/c1-4-14(15-8-7-13(16)11-18-15)17-9-5-6-10-19-12(2)3/h7-8,11-12,14,17H,4-6,9-10H2,1-3H3. The van der Waals surface area contributed by atoms with Gasteiger partial charge in [-0.1, -0.05) is 6.92 Å². The summed E-state index contributed by atoms with van der Waals surface area (Å²) in [6, 6.07) is 3.41. The summed E-state index contributed by atoms with van der Waals surface area (Å²) in [6.45, 7) is 7.94. The third-order valence-corrected chi connectivity index (χ3v) is 2.93. The van der Waals surface area contributed by atoms with E-state index in [4.69, 9.17) is 4.74 Å². The van der Waals surface area contributed by atoms with E-state index < -0.39 is 0 Å². The molecule has 1 heterocycles. The fraction of sp³-hybridized carbons (Fsp3) is 0.667. The first kappa shape index (κ1) is 16.1. The largest absolute Gasteiger partial charge is 0.379 e. The summed E-state index contributed by atoms with van der Waals surface area (Å²) >= 11 is 0. The molecule has 0 spiro atoms. The van der Waals surface area contributed by atoms with Gasteiger partial charge >= 0.3 is 0 Å². The molecule has 1 unspecified atom stereocenters. The Labute approximate surface area is 115 Å². The van der Waals surface area contributed by atoms with Crippen LogP contribution in [0.25, 0.3) is 0 Å². The van der Waals surface area contributed by atoms with E-state index in [1.807, 2.05) is 13.8 Å². The zero-order chi connectivity index (χ0) is 14.1. The number of ether oxygens (including phenoxy) is 1. The maximum Gasteiger partial charge on any atom is 0.141 e. The minimum atomic E-state index is -0.288. The number of unbranched alkanes of at least 4 members (excludes halogenated alkanes) is 1. The smallest absolute Gasteiger partial charge is 0.141 e. The van der Waals surface area contributed by atoms with Crippen LogP contribution in [-0.4, -0.2) is 24.2 Å². The fourth-order valence-corrected chi connectivity index (χ4v) is 1.87. The molecule has 19 heavy (non-hydrogen) atoms. The third kappa shape index (κ3) is 6.64. The Balaban J connectivity index is 2.24. The average molecular weight is 268 g/mol. The lowest BCUT2D eigenvalue weighted by molar-refractivity contribution is 0.0759. The molecule has 0 saturated heterocycles. The molecule has 0 fully saturated rings. The van der Waals surface area contributed by atoms with Crippen molar-refractivity contribution in [1.29, 1.82) is 0 Å². The molecule has 0 bridgehead atoms. The molecule has 0 aliphatic rings. The molecule has 1 aromatic rings. The number of aromatic nitrogens is 1. The molecule has 108 valence electrons. The van der Waals surface area contributed by atoms with Crippen LogP contribution in [0.5, 0.6) is 0 Å². The van der Waals surface area contributed by atoms with E-state index in [1.54, 1.807) is 6.07 Å². The van der Waals surface area contributed by atoms with Gasteiger partial charge < -0.3 is 10.1 Å². The van der Waals surface area contributed by atoms with Crippen molar-refractivity contribution in [2.45, 2.75) is 52.2 Å². The minimum absolute atomic E-state index is 0.201. The molecule has 1 rings (SSSR count).